The molecule has 0 aliphatic heterocycles. The Morgan fingerprint density at radius 3 is 1.93 bits per heavy atom. The van der Waals surface area contributed by atoms with E-state index in [0.717, 1.165) is 12.8 Å². The molecule has 0 aromatic carbocycles. The molecule has 0 heterocycles. The second-order valence-electron chi connectivity index (χ2n) is 2.87. The lowest BCUT2D eigenvalue weighted by molar-refractivity contribution is -0.144. The van der Waals surface area contributed by atoms with Gasteiger partial charge in [0.15, 0.2) is 6.29 Å². The van der Waals surface area contributed by atoms with Gasteiger partial charge in [0.05, 0.1) is 6.07 Å². The van der Waals surface area contributed by atoms with Crippen molar-refractivity contribution < 1.29 is 9.47 Å². The molecule has 0 saturated heterocycles. The molecule has 0 rings (SSSR count). The Labute approximate surface area is 92.3 Å². The first-order valence-electron chi connectivity index (χ1n) is 5.28. The molecule has 90 valence electrons. The van der Waals surface area contributed by atoms with E-state index in [-0.39, 0.29) is 6.29 Å². The summed E-state index contributed by atoms with van der Waals surface area (Å²) in [6.07, 6.45) is 2.96. The lowest BCUT2D eigenvalue weighted by Gasteiger charge is -2.16. The number of rotatable bonds is 8. The summed E-state index contributed by atoms with van der Waals surface area (Å²) < 4.78 is 10.8. The van der Waals surface area contributed by atoms with Crippen molar-refractivity contribution in [2.24, 2.45) is 11.7 Å². The largest absolute Gasteiger partial charge is 0.353 e. The fourth-order valence-electron chi connectivity index (χ4n) is 0.896. The molecule has 0 spiro atoms. The standard InChI is InChI=1S/C10H19NO2.H4N2/c1-3-8-12-10(6-5-7-11)13-9-4-2;1-2/h10H,3-6,8-9H2,1-2H3;1-2H2. The summed E-state index contributed by atoms with van der Waals surface area (Å²) in [4.78, 5) is 0. The molecule has 0 atom stereocenters. The average molecular weight is 217 g/mol. The maximum Gasteiger partial charge on any atom is 0.158 e. The number of ether oxygens (including phenoxy) is 2. The molecule has 0 aromatic heterocycles. The molecule has 0 fully saturated rings. The van der Waals surface area contributed by atoms with Crippen LogP contribution in [0.2, 0.25) is 0 Å². The predicted molar refractivity (Wildman–Crippen MR) is 59.5 cm³/mol. The van der Waals surface area contributed by atoms with Crippen LogP contribution >= 0.6 is 0 Å². The van der Waals surface area contributed by atoms with E-state index in [2.05, 4.69) is 31.6 Å². The SMILES string of the molecule is CCCOC(CCC#N)OCCC.NN. The second-order valence-corrected chi connectivity index (χ2v) is 2.87. The van der Waals surface area contributed by atoms with Crippen LogP contribution in [0.15, 0.2) is 0 Å². The third kappa shape index (κ3) is 13.3. The van der Waals surface area contributed by atoms with Gasteiger partial charge >= 0.3 is 0 Å². The minimum absolute atomic E-state index is 0.181. The fourth-order valence-corrected chi connectivity index (χ4v) is 0.896. The van der Waals surface area contributed by atoms with E-state index in [4.69, 9.17) is 14.7 Å². The highest BCUT2D eigenvalue weighted by Crippen LogP contribution is 2.05. The first kappa shape index (κ1) is 16.7. The lowest BCUT2D eigenvalue weighted by Crippen LogP contribution is -2.18. The highest BCUT2D eigenvalue weighted by atomic mass is 16.7. The van der Waals surface area contributed by atoms with Crippen LogP contribution in [0.3, 0.4) is 0 Å². The zero-order chi connectivity index (χ0) is 11.9. The van der Waals surface area contributed by atoms with Crippen molar-refractivity contribution in [2.75, 3.05) is 13.2 Å². The Morgan fingerprint density at radius 1 is 1.13 bits per heavy atom. The van der Waals surface area contributed by atoms with Crippen molar-refractivity contribution in [1.82, 2.24) is 0 Å². The zero-order valence-corrected chi connectivity index (χ0v) is 9.74. The normalized spacial score (nSPS) is 9.33. The van der Waals surface area contributed by atoms with E-state index in [9.17, 15) is 0 Å². The van der Waals surface area contributed by atoms with Crippen molar-refractivity contribution in [3.8, 4) is 6.07 Å². The lowest BCUT2D eigenvalue weighted by atomic mass is 10.3. The number of nitrogens with zero attached hydrogens (tertiary/aromatic N) is 1. The summed E-state index contributed by atoms with van der Waals surface area (Å²) in [5.74, 6) is 8.00. The summed E-state index contributed by atoms with van der Waals surface area (Å²) in [7, 11) is 0. The number of hydrogen-bond acceptors (Lipinski definition) is 5. The van der Waals surface area contributed by atoms with Gasteiger partial charge in [0, 0.05) is 26.1 Å². The van der Waals surface area contributed by atoms with Gasteiger partial charge in [0.25, 0.3) is 0 Å². The minimum Gasteiger partial charge on any atom is -0.353 e. The van der Waals surface area contributed by atoms with E-state index in [1.54, 1.807) is 0 Å². The van der Waals surface area contributed by atoms with Gasteiger partial charge in [-0.2, -0.15) is 5.26 Å². The summed E-state index contributed by atoms with van der Waals surface area (Å²) >= 11 is 0. The Balaban J connectivity index is 0. The molecule has 0 aromatic rings. The molecule has 15 heavy (non-hydrogen) atoms. The van der Waals surface area contributed by atoms with Gasteiger partial charge in [-0.05, 0) is 12.8 Å². The van der Waals surface area contributed by atoms with Crippen LogP contribution in [0.1, 0.15) is 39.5 Å². The van der Waals surface area contributed by atoms with Crippen molar-refractivity contribution in [3.05, 3.63) is 0 Å². The molecule has 0 unspecified atom stereocenters. The molecule has 5 heteroatoms. The molecule has 0 saturated carbocycles. The molecule has 0 aliphatic carbocycles. The van der Waals surface area contributed by atoms with Crippen molar-refractivity contribution in [2.45, 2.75) is 45.8 Å². The average Bonchev–Trinajstić information content (AvgIpc) is 2.31. The van der Waals surface area contributed by atoms with Crippen LogP contribution in [0.25, 0.3) is 0 Å². The summed E-state index contributed by atoms with van der Waals surface area (Å²) in [6.45, 7) is 5.53. The number of hydrogen-bond donors (Lipinski definition) is 2. The second kappa shape index (κ2) is 15.8. The third-order valence-electron chi connectivity index (χ3n) is 1.51. The first-order valence-corrected chi connectivity index (χ1v) is 5.28. The van der Waals surface area contributed by atoms with Crippen LogP contribution in [-0.4, -0.2) is 19.5 Å². The summed E-state index contributed by atoms with van der Waals surface area (Å²) in [5, 5.41) is 8.40. The predicted octanol–water partition coefficient (Wildman–Crippen LogP) is 1.29. The number of hydrazine groups is 1. The first-order chi connectivity index (χ1) is 7.35. The summed E-state index contributed by atoms with van der Waals surface area (Å²) in [6, 6.07) is 2.09. The van der Waals surface area contributed by atoms with Crippen LogP contribution < -0.4 is 11.7 Å². The van der Waals surface area contributed by atoms with Crippen LogP contribution in [0.4, 0.5) is 0 Å². The van der Waals surface area contributed by atoms with Crippen molar-refractivity contribution in [3.63, 3.8) is 0 Å². The highest BCUT2D eigenvalue weighted by molar-refractivity contribution is 4.69. The Bertz CT molecular complexity index is 140. The fraction of sp³-hybridized carbons (Fsp3) is 0.900. The molecule has 5 nitrogen and oxygen atoms in total. The number of nitriles is 1. The molecule has 0 bridgehead atoms. The van der Waals surface area contributed by atoms with Crippen molar-refractivity contribution in [1.29, 1.82) is 5.26 Å². The van der Waals surface area contributed by atoms with Gasteiger partial charge in [-0.1, -0.05) is 13.8 Å². The third-order valence-corrected chi connectivity index (χ3v) is 1.51. The summed E-state index contributed by atoms with van der Waals surface area (Å²) in [5.41, 5.74) is 0. The van der Waals surface area contributed by atoms with Gasteiger partial charge in [-0.15, -0.1) is 0 Å². The maximum absolute atomic E-state index is 8.40. The molecule has 4 N–H and O–H groups in total. The van der Waals surface area contributed by atoms with Gasteiger partial charge in [-0.3, -0.25) is 11.7 Å². The van der Waals surface area contributed by atoms with E-state index in [1.807, 2.05) is 0 Å². The molecule has 0 aliphatic rings. The Hall–Kier alpha value is -0.670. The smallest absolute Gasteiger partial charge is 0.158 e. The van der Waals surface area contributed by atoms with Crippen molar-refractivity contribution >= 4 is 0 Å². The number of nitrogens with two attached hydrogens (primary N) is 2. The van der Waals surface area contributed by atoms with E-state index >= 15 is 0 Å². The van der Waals surface area contributed by atoms with Gasteiger partial charge < -0.3 is 9.47 Å². The molecular formula is C10H23N3O2. The molecular weight excluding hydrogens is 194 g/mol. The maximum atomic E-state index is 8.40. The van der Waals surface area contributed by atoms with Gasteiger partial charge in [0.1, 0.15) is 0 Å². The Kier molecular flexibility index (Phi) is 17.6. The van der Waals surface area contributed by atoms with E-state index in [1.165, 1.54) is 0 Å². The van der Waals surface area contributed by atoms with Crippen LogP contribution in [0, 0.1) is 11.3 Å². The minimum atomic E-state index is -0.181. The zero-order valence-electron chi connectivity index (χ0n) is 9.74. The molecule has 0 radical (unpaired) electrons. The highest BCUT2D eigenvalue weighted by Gasteiger charge is 2.07. The van der Waals surface area contributed by atoms with Crippen LogP contribution in [0.5, 0.6) is 0 Å². The van der Waals surface area contributed by atoms with Gasteiger partial charge in [-0.25, -0.2) is 0 Å². The Morgan fingerprint density at radius 2 is 1.60 bits per heavy atom. The monoisotopic (exact) mass is 217 g/mol. The quantitative estimate of drug-likeness (QED) is 0.363. The van der Waals surface area contributed by atoms with Gasteiger partial charge in [0.2, 0.25) is 0 Å². The topological polar surface area (TPSA) is 94.3 Å². The molecule has 0 amide bonds. The van der Waals surface area contributed by atoms with E-state index in [0.29, 0.717) is 26.1 Å². The van der Waals surface area contributed by atoms with Crippen LogP contribution in [-0.2, 0) is 9.47 Å². The van der Waals surface area contributed by atoms with E-state index < -0.39 is 0 Å².